The topological polar surface area (TPSA) is 69.7 Å². The first-order chi connectivity index (χ1) is 14.9. The Morgan fingerprint density at radius 3 is 2.45 bits per heavy atom. The summed E-state index contributed by atoms with van der Waals surface area (Å²) in [6.45, 7) is 1.73. The first-order valence-electron chi connectivity index (χ1n) is 10.3. The lowest BCUT2D eigenvalue weighted by molar-refractivity contribution is 0.102. The third kappa shape index (κ3) is 4.89. The van der Waals surface area contributed by atoms with Gasteiger partial charge in [-0.2, -0.15) is 0 Å². The van der Waals surface area contributed by atoms with Crippen LogP contribution in [0, 0.1) is 0 Å². The Bertz CT molecular complexity index is 1060. The van der Waals surface area contributed by atoms with Gasteiger partial charge in [-0.25, -0.2) is 12.7 Å². The van der Waals surface area contributed by atoms with Crippen molar-refractivity contribution in [1.82, 2.24) is 4.31 Å². The highest BCUT2D eigenvalue weighted by Crippen LogP contribution is 2.45. The van der Waals surface area contributed by atoms with Gasteiger partial charge in [0.05, 0.1) is 15.0 Å². The fourth-order valence-electron chi connectivity index (χ4n) is 3.81. The Labute approximate surface area is 192 Å². The zero-order chi connectivity index (χ0) is 22.0. The molecular formula is C22H27N3O3S3. The largest absolute Gasteiger partial charge is 0.371 e. The number of nitrogens with one attached hydrogen (secondary N) is 1. The fraction of sp³-hybridized carbons (Fsp3) is 0.409. The number of rotatable bonds is 6. The summed E-state index contributed by atoms with van der Waals surface area (Å²) in [5, 5.41) is 3.00. The number of nitrogens with zero attached hydrogens (tertiary/aromatic N) is 2. The highest BCUT2D eigenvalue weighted by atomic mass is 32.2. The summed E-state index contributed by atoms with van der Waals surface area (Å²) in [6, 6.07) is 12.8. The van der Waals surface area contributed by atoms with Crippen molar-refractivity contribution in [2.45, 2.75) is 22.3 Å². The molecule has 0 aliphatic carbocycles. The van der Waals surface area contributed by atoms with Gasteiger partial charge < -0.3 is 10.2 Å². The zero-order valence-corrected chi connectivity index (χ0v) is 20.2. The van der Waals surface area contributed by atoms with Gasteiger partial charge in [0.15, 0.2) is 0 Å². The molecule has 6 nitrogen and oxygen atoms in total. The smallest absolute Gasteiger partial charge is 0.257 e. The summed E-state index contributed by atoms with van der Waals surface area (Å²) in [6.07, 6.45) is 2.13. The van der Waals surface area contributed by atoms with Crippen molar-refractivity contribution in [3.05, 3.63) is 53.6 Å². The standard InChI is InChI=1S/C22H27N3O3S3/c1-24(2)31(27,28)18-8-9-20(25-10-3-4-11-25)19(15-18)21(26)23-17-7-5-6-16(14-17)22-29-12-13-30-22/h5-9,14-15,22H,3-4,10-13H2,1-2H3,(H,23,26). The van der Waals surface area contributed by atoms with Gasteiger partial charge in [0.2, 0.25) is 10.0 Å². The third-order valence-corrected chi connectivity index (χ3v) is 10.4. The molecule has 0 unspecified atom stereocenters. The van der Waals surface area contributed by atoms with Crippen molar-refractivity contribution >= 4 is 50.8 Å². The van der Waals surface area contributed by atoms with Crippen LogP contribution in [-0.4, -0.2) is 57.3 Å². The molecule has 2 heterocycles. The average molecular weight is 478 g/mol. The maximum Gasteiger partial charge on any atom is 0.257 e. The Kier molecular flexibility index (Phi) is 6.86. The summed E-state index contributed by atoms with van der Waals surface area (Å²) >= 11 is 3.84. The van der Waals surface area contributed by atoms with E-state index in [1.165, 1.54) is 30.0 Å². The van der Waals surface area contributed by atoms with E-state index in [9.17, 15) is 13.2 Å². The number of carbonyl (C=O) groups is 1. The molecule has 0 aromatic heterocycles. The van der Waals surface area contributed by atoms with E-state index in [0.29, 0.717) is 10.1 Å². The Morgan fingerprint density at radius 2 is 1.77 bits per heavy atom. The molecule has 4 rings (SSSR count). The molecule has 0 saturated carbocycles. The predicted molar refractivity (Wildman–Crippen MR) is 131 cm³/mol. The van der Waals surface area contributed by atoms with Gasteiger partial charge in [-0.1, -0.05) is 12.1 Å². The van der Waals surface area contributed by atoms with Crippen LogP contribution in [0.4, 0.5) is 11.4 Å². The molecule has 2 aromatic carbocycles. The third-order valence-electron chi connectivity index (χ3n) is 5.48. The minimum absolute atomic E-state index is 0.123. The van der Waals surface area contributed by atoms with E-state index in [4.69, 9.17) is 0 Å². The van der Waals surface area contributed by atoms with Crippen molar-refractivity contribution in [2.24, 2.45) is 0 Å². The number of sulfonamides is 1. The van der Waals surface area contributed by atoms with Crippen molar-refractivity contribution in [1.29, 1.82) is 0 Å². The summed E-state index contributed by atoms with van der Waals surface area (Å²) < 4.78 is 26.9. The maximum absolute atomic E-state index is 13.3. The fourth-order valence-corrected chi connectivity index (χ4v) is 7.58. The number of benzene rings is 2. The first-order valence-corrected chi connectivity index (χ1v) is 13.9. The van der Waals surface area contributed by atoms with Crippen LogP contribution in [0.25, 0.3) is 0 Å². The molecule has 2 saturated heterocycles. The van der Waals surface area contributed by atoms with Crippen LogP contribution >= 0.6 is 23.5 Å². The molecule has 31 heavy (non-hydrogen) atoms. The van der Waals surface area contributed by atoms with Gasteiger partial charge in [-0.3, -0.25) is 4.79 Å². The van der Waals surface area contributed by atoms with E-state index < -0.39 is 10.0 Å². The predicted octanol–water partition coefficient (Wildman–Crippen LogP) is 4.27. The molecule has 0 radical (unpaired) electrons. The number of hydrogen-bond acceptors (Lipinski definition) is 6. The van der Waals surface area contributed by atoms with Crippen LogP contribution in [0.5, 0.6) is 0 Å². The van der Waals surface area contributed by atoms with Crippen molar-refractivity contribution in [3.63, 3.8) is 0 Å². The lowest BCUT2D eigenvalue weighted by atomic mass is 10.1. The highest BCUT2D eigenvalue weighted by molar-refractivity contribution is 8.19. The van der Waals surface area contributed by atoms with Crippen molar-refractivity contribution in [2.75, 3.05) is 48.9 Å². The number of thioether (sulfide) groups is 2. The SMILES string of the molecule is CN(C)S(=O)(=O)c1ccc(N2CCCC2)c(C(=O)Nc2cccc(C3SCCS3)c2)c1. The second kappa shape index (κ2) is 9.44. The monoisotopic (exact) mass is 477 g/mol. The molecule has 9 heteroatoms. The quantitative estimate of drug-likeness (QED) is 0.670. The number of anilines is 2. The number of amides is 1. The van der Waals surface area contributed by atoms with Crippen LogP contribution in [0.15, 0.2) is 47.4 Å². The Morgan fingerprint density at radius 1 is 1.06 bits per heavy atom. The lowest BCUT2D eigenvalue weighted by Crippen LogP contribution is -2.25. The molecular weight excluding hydrogens is 450 g/mol. The van der Waals surface area contributed by atoms with E-state index in [1.54, 1.807) is 12.1 Å². The molecule has 1 N–H and O–H groups in total. The second-order valence-electron chi connectivity index (χ2n) is 7.81. The Hall–Kier alpha value is -1.68. The van der Waals surface area contributed by atoms with Crippen LogP contribution < -0.4 is 10.2 Å². The summed E-state index contributed by atoms with van der Waals surface area (Å²) in [4.78, 5) is 15.6. The summed E-state index contributed by atoms with van der Waals surface area (Å²) in [7, 11) is -0.646. The van der Waals surface area contributed by atoms with Gasteiger partial charge in [-0.15, -0.1) is 23.5 Å². The van der Waals surface area contributed by atoms with Crippen LogP contribution in [0.2, 0.25) is 0 Å². The molecule has 2 aliphatic rings. The first kappa shape index (κ1) is 22.5. The number of carbonyl (C=O) groups excluding carboxylic acids is 1. The minimum atomic E-state index is -3.63. The van der Waals surface area contributed by atoms with E-state index in [2.05, 4.69) is 16.3 Å². The molecule has 2 fully saturated rings. The second-order valence-corrected chi connectivity index (χ2v) is 12.7. The summed E-state index contributed by atoms with van der Waals surface area (Å²) in [5.41, 5.74) is 3.09. The van der Waals surface area contributed by atoms with E-state index in [1.807, 2.05) is 41.7 Å². The van der Waals surface area contributed by atoms with Gasteiger partial charge in [0, 0.05) is 50.1 Å². The van der Waals surface area contributed by atoms with Crippen LogP contribution in [0.1, 0.15) is 33.3 Å². The maximum atomic E-state index is 13.3. The molecule has 0 atom stereocenters. The van der Waals surface area contributed by atoms with E-state index in [0.717, 1.165) is 48.8 Å². The summed E-state index contributed by atoms with van der Waals surface area (Å²) in [5.74, 6) is 1.98. The van der Waals surface area contributed by atoms with Crippen molar-refractivity contribution in [3.8, 4) is 0 Å². The minimum Gasteiger partial charge on any atom is -0.371 e. The molecule has 2 aliphatic heterocycles. The molecule has 2 aromatic rings. The van der Waals surface area contributed by atoms with Gasteiger partial charge in [0.25, 0.3) is 5.91 Å². The highest BCUT2D eigenvalue weighted by Gasteiger charge is 2.25. The zero-order valence-electron chi connectivity index (χ0n) is 17.7. The molecule has 0 spiro atoms. The van der Waals surface area contributed by atoms with Gasteiger partial charge in [0.1, 0.15) is 0 Å². The molecule has 166 valence electrons. The normalized spacial score (nSPS) is 17.5. The number of hydrogen-bond donors (Lipinski definition) is 1. The van der Waals surface area contributed by atoms with Crippen molar-refractivity contribution < 1.29 is 13.2 Å². The van der Waals surface area contributed by atoms with E-state index >= 15 is 0 Å². The van der Waals surface area contributed by atoms with E-state index in [-0.39, 0.29) is 10.8 Å². The van der Waals surface area contributed by atoms with Crippen LogP contribution in [0.3, 0.4) is 0 Å². The van der Waals surface area contributed by atoms with Crippen LogP contribution in [-0.2, 0) is 10.0 Å². The van der Waals surface area contributed by atoms with Gasteiger partial charge >= 0.3 is 0 Å². The van der Waals surface area contributed by atoms with Gasteiger partial charge in [-0.05, 0) is 48.7 Å². The molecule has 0 bridgehead atoms. The molecule has 1 amide bonds. The average Bonchev–Trinajstić information content (AvgIpc) is 3.47. The Balaban J connectivity index is 1.66. The lowest BCUT2D eigenvalue weighted by Gasteiger charge is -2.22.